The van der Waals surface area contributed by atoms with Crippen molar-refractivity contribution in [3.05, 3.63) is 24.2 Å². The molecule has 0 unspecified atom stereocenters. The van der Waals surface area contributed by atoms with Crippen LogP contribution in [0.2, 0.25) is 0 Å². The van der Waals surface area contributed by atoms with Gasteiger partial charge in [0.15, 0.2) is 15.7 Å². The number of hydrogen-bond donors (Lipinski definition) is 0. The van der Waals surface area contributed by atoms with Crippen LogP contribution in [0.25, 0.3) is 0 Å². The summed E-state index contributed by atoms with van der Waals surface area (Å²) in [5.41, 5.74) is 0. The molecule has 1 atom stereocenters. The van der Waals surface area contributed by atoms with E-state index in [0.717, 1.165) is 38.2 Å². The molecule has 9 heteroatoms. The van der Waals surface area contributed by atoms with Crippen molar-refractivity contribution in [3.8, 4) is 5.88 Å². The average molecular weight is 423 g/mol. The zero-order valence-electron chi connectivity index (χ0n) is 17.5. The van der Waals surface area contributed by atoms with Crippen LogP contribution >= 0.6 is 0 Å². The fraction of sp³-hybridized carbons (Fsp3) is 0.650. The number of hydrogen-bond acceptors (Lipinski definition) is 8. The fourth-order valence-electron chi connectivity index (χ4n) is 3.51. The van der Waals surface area contributed by atoms with E-state index in [1.54, 1.807) is 6.07 Å². The van der Waals surface area contributed by atoms with Crippen molar-refractivity contribution in [3.63, 3.8) is 0 Å². The molecule has 1 saturated heterocycles. The van der Waals surface area contributed by atoms with Gasteiger partial charge in [0.05, 0.1) is 11.5 Å². The third-order valence-corrected chi connectivity index (χ3v) is 6.62. The molecule has 0 N–H and O–H groups in total. The quantitative estimate of drug-likeness (QED) is 0.639. The van der Waals surface area contributed by atoms with Crippen molar-refractivity contribution in [1.29, 1.82) is 0 Å². The van der Waals surface area contributed by atoms with Crippen LogP contribution in [0.5, 0.6) is 5.88 Å². The lowest BCUT2D eigenvalue weighted by molar-refractivity contribution is 0.216. The highest BCUT2D eigenvalue weighted by Crippen LogP contribution is 2.29. The molecule has 1 aliphatic rings. The first-order chi connectivity index (χ1) is 13.7. The molecule has 0 aromatic carbocycles. The number of sulfone groups is 1. The predicted molar refractivity (Wildman–Crippen MR) is 110 cm³/mol. The predicted octanol–water partition coefficient (Wildman–Crippen LogP) is 3.31. The lowest BCUT2D eigenvalue weighted by Gasteiger charge is -2.33. The molecule has 0 saturated carbocycles. The van der Waals surface area contributed by atoms with E-state index in [2.05, 4.69) is 40.8 Å². The smallest absolute Gasteiger partial charge is 0.324 e. The van der Waals surface area contributed by atoms with Crippen molar-refractivity contribution in [1.82, 2.24) is 15.1 Å². The van der Waals surface area contributed by atoms with Gasteiger partial charge in [-0.2, -0.15) is 4.98 Å². The summed E-state index contributed by atoms with van der Waals surface area (Å²) in [4.78, 5) is 10.9. The van der Waals surface area contributed by atoms with Gasteiger partial charge in [-0.25, -0.2) is 13.4 Å². The Morgan fingerprint density at radius 3 is 2.52 bits per heavy atom. The maximum atomic E-state index is 11.5. The third kappa shape index (κ3) is 5.68. The van der Waals surface area contributed by atoms with E-state index in [0.29, 0.717) is 30.3 Å². The Balaban J connectivity index is 1.42. The number of ether oxygens (including phenoxy) is 1. The minimum atomic E-state index is -3.23. The van der Waals surface area contributed by atoms with Gasteiger partial charge in [0.2, 0.25) is 5.88 Å². The maximum Gasteiger partial charge on any atom is 0.324 e. The number of nitrogens with zero attached hydrogens (tertiary/aromatic N) is 4. The van der Waals surface area contributed by atoms with Crippen molar-refractivity contribution in [2.75, 3.05) is 30.9 Å². The summed E-state index contributed by atoms with van der Waals surface area (Å²) in [5.74, 6) is 2.63. The second-order valence-corrected chi connectivity index (χ2v) is 10.1. The number of piperidine rings is 1. The van der Waals surface area contributed by atoms with Gasteiger partial charge in [-0.15, -0.1) is 0 Å². The number of aromatic nitrogens is 3. The van der Waals surface area contributed by atoms with E-state index in [1.807, 2.05) is 0 Å². The van der Waals surface area contributed by atoms with E-state index in [9.17, 15) is 8.42 Å². The van der Waals surface area contributed by atoms with Crippen molar-refractivity contribution < 1.29 is 17.7 Å². The van der Waals surface area contributed by atoms with E-state index in [4.69, 9.17) is 9.26 Å². The summed E-state index contributed by atoms with van der Waals surface area (Å²) in [6.45, 7) is 8.77. The normalized spacial score (nSPS) is 16.9. The van der Waals surface area contributed by atoms with Crippen molar-refractivity contribution >= 4 is 15.9 Å². The Labute approximate surface area is 172 Å². The van der Waals surface area contributed by atoms with Gasteiger partial charge in [0, 0.05) is 37.5 Å². The van der Waals surface area contributed by atoms with Gasteiger partial charge in [0.25, 0.3) is 0 Å². The Morgan fingerprint density at radius 1 is 1.24 bits per heavy atom. The van der Waals surface area contributed by atoms with Gasteiger partial charge in [-0.05, 0) is 37.2 Å². The van der Waals surface area contributed by atoms with Gasteiger partial charge in [-0.3, -0.25) is 0 Å². The van der Waals surface area contributed by atoms with Crippen molar-refractivity contribution in [2.45, 2.75) is 50.8 Å². The first kappa shape index (κ1) is 21.5. The zero-order valence-corrected chi connectivity index (χ0v) is 18.4. The van der Waals surface area contributed by atoms with Gasteiger partial charge >= 0.3 is 6.01 Å². The molecule has 29 heavy (non-hydrogen) atoms. The molecule has 0 spiro atoms. The molecule has 2 aromatic rings. The fourth-order valence-corrected chi connectivity index (χ4v) is 4.07. The van der Waals surface area contributed by atoms with E-state index in [-0.39, 0.29) is 10.8 Å². The van der Waals surface area contributed by atoms with Crippen LogP contribution in [-0.2, 0) is 9.84 Å². The van der Waals surface area contributed by atoms with Crippen molar-refractivity contribution in [2.24, 2.45) is 11.8 Å². The van der Waals surface area contributed by atoms with E-state index < -0.39 is 9.84 Å². The van der Waals surface area contributed by atoms with E-state index >= 15 is 0 Å². The SMILES string of the molecule is CC(C)c1noc(N2CCC([C@H](C)CCOc3ccc(S(C)(=O)=O)cn3)CC2)n1. The molecule has 1 fully saturated rings. The number of pyridine rings is 1. The van der Waals surface area contributed by atoms with E-state index in [1.165, 1.54) is 18.5 Å². The highest BCUT2D eigenvalue weighted by Gasteiger charge is 2.26. The summed E-state index contributed by atoms with van der Waals surface area (Å²) < 4.78 is 34.0. The van der Waals surface area contributed by atoms with Crippen LogP contribution in [0.15, 0.2) is 27.7 Å². The summed E-state index contributed by atoms with van der Waals surface area (Å²) in [6, 6.07) is 3.76. The van der Waals surface area contributed by atoms with Gasteiger partial charge < -0.3 is 14.2 Å². The summed E-state index contributed by atoms with van der Waals surface area (Å²) in [5, 5.41) is 4.05. The van der Waals surface area contributed by atoms with Crippen LogP contribution in [-0.4, -0.2) is 49.5 Å². The Kier molecular flexibility index (Phi) is 6.77. The molecule has 0 radical (unpaired) electrons. The van der Waals surface area contributed by atoms with Crippen LogP contribution in [0.3, 0.4) is 0 Å². The Hall–Kier alpha value is -2.16. The van der Waals surface area contributed by atoms with Crippen LogP contribution in [0.4, 0.5) is 6.01 Å². The second-order valence-electron chi connectivity index (χ2n) is 8.13. The lowest BCUT2D eigenvalue weighted by Crippen LogP contribution is -2.36. The third-order valence-electron chi connectivity index (χ3n) is 5.52. The van der Waals surface area contributed by atoms with Crippen LogP contribution < -0.4 is 9.64 Å². The molecular formula is C20H30N4O4S. The van der Waals surface area contributed by atoms with Gasteiger partial charge in [0.1, 0.15) is 0 Å². The zero-order chi connectivity index (χ0) is 21.0. The molecule has 0 amide bonds. The Bertz CT molecular complexity index is 887. The molecule has 1 aliphatic heterocycles. The molecule has 160 valence electrons. The molecular weight excluding hydrogens is 392 g/mol. The van der Waals surface area contributed by atoms with Crippen LogP contribution in [0.1, 0.15) is 51.8 Å². The Morgan fingerprint density at radius 2 is 1.97 bits per heavy atom. The van der Waals surface area contributed by atoms with Gasteiger partial charge in [-0.1, -0.05) is 25.9 Å². The summed E-state index contributed by atoms with van der Waals surface area (Å²) in [6.07, 6.45) is 5.60. The topological polar surface area (TPSA) is 98.4 Å². The summed E-state index contributed by atoms with van der Waals surface area (Å²) in [7, 11) is -3.23. The molecule has 0 bridgehead atoms. The lowest BCUT2D eigenvalue weighted by atomic mass is 9.84. The average Bonchev–Trinajstić information content (AvgIpc) is 3.18. The molecule has 8 nitrogen and oxygen atoms in total. The molecule has 3 rings (SSSR count). The highest BCUT2D eigenvalue weighted by molar-refractivity contribution is 7.90. The monoisotopic (exact) mass is 422 g/mol. The standard InChI is InChI=1S/C20H30N4O4S/c1-14(2)19-22-20(28-23-19)24-10-7-16(8-11-24)15(3)9-12-27-18-6-5-17(13-21-18)29(4,25)26/h5-6,13-16H,7-12H2,1-4H3/t15-/m1/s1. The largest absolute Gasteiger partial charge is 0.478 e. The van der Waals surface area contributed by atoms with Crippen LogP contribution in [0, 0.1) is 11.8 Å². The number of anilines is 1. The highest BCUT2D eigenvalue weighted by atomic mass is 32.2. The first-order valence-corrected chi connectivity index (χ1v) is 12.0. The second kappa shape index (κ2) is 9.11. The molecule has 2 aromatic heterocycles. The molecule has 3 heterocycles. The molecule has 0 aliphatic carbocycles. The summed E-state index contributed by atoms with van der Waals surface area (Å²) >= 11 is 0. The first-order valence-electron chi connectivity index (χ1n) is 10.1. The minimum Gasteiger partial charge on any atom is -0.478 e. The number of rotatable bonds is 8. The minimum absolute atomic E-state index is 0.201. The maximum absolute atomic E-state index is 11.5.